The number of amides is 1. The first-order valence-electron chi connectivity index (χ1n) is 14.2. The van der Waals surface area contributed by atoms with Crippen molar-refractivity contribution in [2.24, 2.45) is 17.6 Å². The van der Waals surface area contributed by atoms with Gasteiger partial charge >= 0.3 is 0 Å². The van der Waals surface area contributed by atoms with Crippen molar-refractivity contribution in [1.82, 2.24) is 9.62 Å². The number of hydrogen-bond donors (Lipinski definition) is 2. The molecule has 0 saturated heterocycles. The van der Waals surface area contributed by atoms with Gasteiger partial charge in [0.15, 0.2) is 0 Å². The second kappa shape index (κ2) is 14.5. The van der Waals surface area contributed by atoms with Gasteiger partial charge in [-0.15, -0.1) is 0 Å². The van der Waals surface area contributed by atoms with Gasteiger partial charge in [-0.3, -0.25) is 4.79 Å². The lowest BCUT2D eigenvalue weighted by Gasteiger charge is -2.28. The van der Waals surface area contributed by atoms with E-state index in [1.165, 1.54) is 4.31 Å². The van der Waals surface area contributed by atoms with Crippen molar-refractivity contribution in [2.45, 2.75) is 37.0 Å². The van der Waals surface area contributed by atoms with E-state index in [1.807, 2.05) is 48.5 Å². The maximum Gasteiger partial charge on any atom is 0.243 e. The van der Waals surface area contributed by atoms with E-state index in [1.54, 1.807) is 38.5 Å². The SMILES string of the molecule is COc1cccc(-c2ccc(S(=O)(=O)N(CCc3ccccc3OC)CC(=O)NCC3CCC(CN)CC3)cc2)c1. The van der Waals surface area contributed by atoms with E-state index in [9.17, 15) is 13.2 Å². The largest absolute Gasteiger partial charge is 0.497 e. The average molecular weight is 580 g/mol. The van der Waals surface area contributed by atoms with Gasteiger partial charge in [0, 0.05) is 13.1 Å². The molecule has 0 heterocycles. The molecular weight excluding hydrogens is 538 g/mol. The molecule has 0 unspecified atom stereocenters. The van der Waals surface area contributed by atoms with Gasteiger partial charge in [0.05, 0.1) is 25.7 Å². The fraction of sp³-hybridized carbons (Fsp3) is 0.406. The van der Waals surface area contributed by atoms with E-state index in [4.69, 9.17) is 15.2 Å². The van der Waals surface area contributed by atoms with Crippen LogP contribution < -0.4 is 20.5 Å². The van der Waals surface area contributed by atoms with Crippen LogP contribution >= 0.6 is 0 Å². The summed E-state index contributed by atoms with van der Waals surface area (Å²) >= 11 is 0. The molecule has 0 aromatic heterocycles. The van der Waals surface area contributed by atoms with Gasteiger partial charge in [0.2, 0.25) is 15.9 Å². The van der Waals surface area contributed by atoms with Gasteiger partial charge in [-0.1, -0.05) is 42.5 Å². The van der Waals surface area contributed by atoms with E-state index in [2.05, 4.69) is 5.32 Å². The standard InChI is InChI=1S/C32H41N3O5S/c1-39-29-8-5-7-28(20-29)26-14-16-30(17-15-26)41(37,38)35(19-18-27-6-3-4-9-31(27)40-2)23-32(36)34-22-25-12-10-24(21-33)11-13-25/h3-9,14-17,20,24-25H,10-13,18-19,21-23,33H2,1-2H3,(H,34,36). The number of hydrogen-bond acceptors (Lipinski definition) is 6. The van der Waals surface area contributed by atoms with Gasteiger partial charge in [-0.25, -0.2) is 8.42 Å². The molecule has 3 aromatic rings. The number of ether oxygens (including phenoxy) is 2. The minimum atomic E-state index is -3.96. The predicted octanol–water partition coefficient (Wildman–Crippen LogP) is 4.49. The second-order valence-electron chi connectivity index (χ2n) is 10.6. The molecule has 41 heavy (non-hydrogen) atoms. The number of nitrogens with zero attached hydrogens (tertiary/aromatic N) is 1. The highest BCUT2D eigenvalue weighted by Crippen LogP contribution is 2.28. The van der Waals surface area contributed by atoms with Crippen LogP contribution in [-0.4, -0.2) is 59.0 Å². The zero-order valence-corrected chi connectivity index (χ0v) is 24.7. The highest BCUT2D eigenvalue weighted by Gasteiger charge is 2.28. The van der Waals surface area contributed by atoms with Crippen LogP contribution in [0.3, 0.4) is 0 Å². The summed E-state index contributed by atoms with van der Waals surface area (Å²) in [5.41, 5.74) is 8.47. The number of rotatable bonds is 13. The molecule has 3 N–H and O–H groups in total. The molecule has 0 radical (unpaired) electrons. The number of benzene rings is 3. The maximum absolute atomic E-state index is 13.8. The van der Waals surface area contributed by atoms with Crippen LogP contribution in [0.5, 0.6) is 11.5 Å². The second-order valence-corrected chi connectivity index (χ2v) is 12.5. The Bertz CT molecular complexity index is 1390. The molecule has 1 aliphatic carbocycles. The number of carbonyl (C=O) groups is 1. The molecule has 1 aliphatic rings. The van der Waals surface area contributed by atoms with E-state index in [0.29, 0.717) is 37.1 Å². The predicted molar refractivity (Wildman–Crippen MR) is 161 cm³/mol. The lowest BCUT2D eigenvalue weighted by Crippen LogP contribution is -2.43. The summed E-state index contributed by atoms with van der Waals surface area (Å²) in [6, 6.07) is 21.8. The fourth-order valence-corrected chi connectivity index (χ4v) is 6.75. The van der Waals surface area contributed by atoms with Gasteiger partial charge in [0.25, 0.3) is 0 Å². The van der Waals surface area contributed by atoms with Crippen LogP contribution in [0, 0.1) is 11.8 Å². The van der Waals surface area contributed by atoms with Crippen molar-refractivity contribution in [3.05, 3.63) is 78.4 Å². The third-order valence-electron chi connectivity index (χ3n) is 7.93. The summed E-state index contributed by atoms with van der Waals surface area (Å²) in [6.45, 7) is 1.13. The quantitative estimate of drug-likeness (QED) is 0.309. The van der Waals surface area contributed by atoms with Crippen molar-refractivity contribution in [2.75, 3.05) is 40.4 Å². The zero-order valence-electron chi connectivity index (χ0n) is 23.9. The summed E-state index contributed by atoms with van der Waals surface area (Å²) < 4.78 is 39.7. The lowest BCUT2D eigenvalue weighted by molar-refractivity contribution is -0.121. The molecule has 9 heteroatoms. The monoisotopic (exact) mass is 579 g/mol. The summed E-state index contributed by atoms with van der Waals surface area (Å²) in [4.78, 5) is 13.2. The van der Waals surface area contributed by atoms with Gasteiger partial charge in [-0.2, -0.15) is 4.31 Å². The summed E-state index contributed by atoms with van der Waals surface area (Å²) in [6.07, 6.45) is 4.60. The Morgan fingerprint density at radius 2 is 1.61 bits per heavy atom. The van der Waals surface area contributed by atoms with Crippen molar-refractivity contribution in [1.29, 1.82) is 0 Å². The van der Waals surface area contributed by atoms with E-state index < -0.39 is 10.0 Å². The molecule has 4 rings (SSSR count). The van der Waals surface area contributed by atoms with Crippen LogP contribution in [0.15, 0.2) is 77.7 Å². The molecule has 0 spiro atoms. The number of nitrogens with one attached hydrogen (secondary N) is 1. The first kappa shape index (κ1) is 30.6. The summed E-state index contributed by atoms with van der Waals surface area (Å²) in [7, 11) is -0.761. The van der Waals surface area contributed by atoms with Gasteiger partial charge in [-0.05, 0) is 97.5 Å². The Balaban J connectivity index is 1.50. The summed E-state index contributed by atoms with van der Waals surface area (Å²) in [5.74, 6) is 2.06. The molecule has 1 fully saturated rings. The van der Waals surface area contributed by atoms with Crippen LogP contribution in [0.1, 0.15) is 31.2 Å². The Morgan fingerprint density at radius 3 is 2.29 bits per heavy atom. The van der Waals surface area contributed by atoms with Crippen molar-refractivity contribution < 1.29 is 22.7 Å². The number of para-hydroxylation sites is 1. The number of sulfonamides is 1. The van der Waals surface area contributed by atoms with Crippen LogP contribution in [-0.2, 0) is 21.2 Å². The van der Waals surface area contributed by atoms with Gasteiger partial charge < -0.3 is 20.5 Å². The number of carbonyl (C=O) groups excluding carboxylic acids is 1. The molecular formula is C32H41N3O5S. The topological polar surface area (TPSA) is 111 Å². The smallest absolute Gasteiger partial charge is 0.243 e. The molecule has 8 nitrogen and oxygen atoms in total. The number of methoxy groups -OCH3 is 2. The van der Waals surface area contributed by atoms with E-state index in [0.717, 1.165) is 48.1 Å². The van der Waals surface area contributed by atoms with Crippen molar-refractivity contribution >= 4 is 15.9 Å². The Labute approximate surface area is 243 Å². The third-order valence-corrected chi connectivity index (χ3v) is 9.79. The van der Waals surface area contributed by atoms with Crippen molar-refractivity contribution in [3.63, 3.8) is 0 Å². The van der Waals surface area contributed by atoms with Crippen LogP contribution in [0.25, 0.3) is 11.1 Å². The van der Waals surface area contributed by atoms with Gasteiger partial charge in [0.1, 0.15) is 11.5 Å². The molecule has 1 amide bonds. The van der Waals surface area contributed by atoms with E-state index in [-0.39, 0.29) is 23.9 Å². The third kappa shape index (κ3) is 8.09. The molecule has 0 atom stereocenters. The maximum atomic E-state index is 13.8. The molecule has 220 valence electrons. The minimum absolute atomic E-state index is 0.134. The Hall–Kier alpha value is -3.40. The molecule has 0 bridgehead atoms. The summed E-state index contributed by atoms with van der Waals surface area (Å²) in [5, 5.41) is 2.99. The normalized spacial score (nSPS) is 17.3. The average Bonchev–Trinajstić information content (AvgIpc) is 3.02. The van der Waals surface area contributed by atoms with Crippen molar-refractivity contribution in [3.8, 4) is 22.6 Å². The minimum Gasteiger partial charge on any atom is -0.497 e. The van der Waals surface area contributed by atoms with E-state index >= 15 is 0 Å². The molecule has 1 saturated carbocycles. The first-order chi connectivity index (χ1) is 19.8. The Kier molecular flexibility index (Phi) is 10.8. The van der Waals surface area contributed by atoms with Crippen LogP contribution in [0.4, 0.5) is 0 Å². The Morgan fingerprint density at radius 1 is 0.902 bits per heavy atom. The number of nitrogens with two attached hydrogens (primary N) is 1. The molecule has 3 aromatic carbocycles. The lowest BCUT2D eigenvalue weighted by atomic mass is 9.82. The fourth-order valence-electron chi connectivity index (χ4n) is 5.36. The highest BCUT2D eigenvalue weighted by molar-refractivity contribution is 7.89. The first-order valence-corrected chi connectivity index (χ1v) is 15.6. The molecule has 0 aliphatic heterocycles. The zero-order chi connectivity index (χ0) is 29.2. The highest BCUT2D eigenvalue weighted by atomic mass is 32.2. The van der Waals surface area contributed by atoms with Crippen LogP contribution in [0.2, 0.25) is 0 Å².